The van der Waals surface area contributed by atoms with Crippen molar-refractivity contribution in [2.75, 3.05) is 40.0 Å². The van der Waals surface area contributed by atoms with Crippen LogP contribution in [0.3, 0.4) is 0 Å². The zero-order valence-corrected chi connectivity index (χ0v) is 13.6. The third-order valence-electron chi connectivity index (χ3n) is 4.08. The number of hydrogen-bond acceptors (Lipinski definition) is 5. The van der Waals surface area contributed by atoms with Crippen molar-refractivity contribution in [1.29, 1.82) is 0 Å². The summed E-state index contributed by atoms with van der Waals surface area (Å²) < 4.78 is 11.1. The van der Waals surface area contributed by atoms with E-state index in [2.05, 4.69) is 29.0 Å². The maximum atomic E-state index is 5.61. The number of hydrogen-bond donors (Lipinski definition) is 1. The molecule has 0 aromatic carbocycles. The van der Waals surface area contributed by atoms with Crippen molar-refractivity contribution in [3.05, 3.63) is 23.0 Å². The first-order valence-electron chi connectivity index (χ1n) is 7.69. The van der Waals surface area contributed by atoms with Crippen LogP contribution in [-0.2, 0) is 11.3 Å². The third kappa shape index (κ3) is 3.93. The molecule has 0 amide bonds. The van der Waals surface area contributed by atoms with Gasteiger partial charge in [-0.15, -0.1) is 0 Å². The number of rotatable bonds is 6. The van der Waals surface area contributed by atoms with E-state index in [1.54, 1.807) is 7.11 Å². The highest BCUT2D eigenvalue weighted by Gasteiger charge is 2.24. The van der Waals surface area contributed by atoms with Gasteiger partial charge in [0.2, 0.25) is 0 Å². The molecule has 118 valence electrons. The first-order chi connectivity index (χ1) is 10.2. The van der Waals surface area contributed by atoms with Gasteiger partial charge in [-0.05, 0) is 20.4 Å². The fourth-order valence-corrected chi connectivity index (χ4v) is 2.82. The predicted molar refractivity (Wildman–Crippen MR) is 83.8 cm³/mol. The molecular weight excluding hydrogens is 266 g/mol. The Hall–Kier alpha value is -1.17. The minimum atomic E-state index is 0.409. The van der Waals surface area contributed by atoms with E-state index < -0.39 is 0 Å². The second-order valence-electron chi connectivity index (χ2n) is 5.55. The van der Waals surface area contributed by atoms with E-state index in [4.69, 9.17) is 9.47 Å². The molecule has 2 heterocycles. The molecule has 0 spiro atoms. The number of aryl methyl sites for hydroxylation is 1. The van der Waals surface area contributed by atoms with Crippen molar-refractivity contribution in [1.82, 2.24) is 15.2 Å². The normalized spacial score (nSPS) is 19.7. The van der Waals surface area contributed by atoms with Gasteiger partial charge >= 0.3 is 0 Å². The van der Waals surface area contributed by atoms with Gasteiger partial charge in [-0.3, -0.25) is 9.88 Å². The number of likely N-dealkylation sites (N-methyl/N-ethyl adjacent to an activating group) is 1. The monoisotopic (exact) mass is 293 g/mol. The van der Waals surface area contributed by atoms with Gasteiger partial charge in [0.1, 0.15) is 5.75 Å². The Labute approximate surface area is 127 Å². The molecular formula is C16H27N3O2. The first-order valence-corrected chi connectivity index (χ1v) is 7.69. The molecule has 1 aromatic heterocycles. The highest BCUT2D eigenvalue weighted by molar-refractivity contribution is 5.41. The average Bonchev–Trinajstić information content (AvgIpc) is 2.50. The summed E-state index contributed by atoms with van der Waals surface area (Å²) >= 11 is 0. The first kappa shape index (κ1) is 16.2. The number of methoxy groups -OCH3 is 1. The lowest BCUT2D eigenvalue weighted by Crippen LogP contribution is -2.50. The summed E-state index contributed by atoms with van der Waals surface area (Å²) in [5.41, 5.74) is 3.33. The maximum Gasteiger partial charge on any atom is 0.128 e. The molecule has 1 atom stereocenters. The van der Waals surface area contributed by atoms with Crippen molar-refractivity contribution >= 4 is 0 Å². The van der Waals surface area contributed by atoms with Gasteiger partial charge in [0.05, 0.1) is 26.0 Å². The van der Waals surface area contributed by atoms with Crippen LogP contribution in [-0.4, -0.2) is 55.9 Å². The molecule has 0 radical (unpaired) electrons. The summed E-state index contributed by atoms with van der Waals surface area (Å²) in [6.07, 6.45) is 1.90. The van der Waals surface area contributed by atoms with Gasteiger partial charge < -0.3 is 14.8 Å². The molecule has 1 aliphatic rings. The van der Waals surface area contributed by atoms with E-state index in [9.17, 15) is 0 Å². The van der Waals surface area contributed by atoms with E-state index >= 15 is 0 Å². The van der Waals surface area contributed by atoms with Crippen molar-refractivity contribution in [2.45, 2.75) is 33.4 Å². The van der Waals surface area contributed by atoms with E-state index in [1.165, 1.54) is 0 Å². The van der Waals surface area contributed by atoms with Gasteiger partial charge in [0.15, 0.2) is 0 Å². The number of morpholine rings is 1. The fraction of sp³-hybridized carbons (Fsp3) is 0.688. The standard InChI is InChI=1S/C16H27N3O2/c1-5-17-9-14-11-21-7-6-19(14)10-15-13(3)16(20-4)12(2)8-18-15/h8,14,17H,5-7,9-11H2,1-4H3. The van der Waals surface area contributed by atoms with Crippen LogP contribution in [0.25, 0.3) is 0 Å². The molecule has 1 aliphatic heterocycles. The summed E-state index contributed by atoms with van der Waals surface area (Å²) in [5, 5.41) is 3.41. The van der Waals surface area contributed by atoms with Gasteiger partial charge in [-0.2, -0.15) is 0 Å². The van der Waals surface area contributed by atoms with Crippen LogP contribution in [0.15, 0.2) is 6.20 Å². The maximum absolute atomic E-state index is 5.61. The summed E-state index contributed by atoms with van der Waals surface area (Å²) in [5.74, 6) is 0.955. The zero-order chi connectivity index (χ0) is 15.2. The molecule has 0 bridgehead atoms. The van der Waals surface area contributed by atoms with Crippen molar-refractivity contribution < 1.29 is 9.47 Å². The van der Waals surface area contributed by atoms with Crippen LogP contribution in [0.1, 0.15) is 23.7 Å². The topological polar surface area (TPSA) is 46.6 Å². The Morgan fingerprint density at radius 1 is 1.48 bits per heavy atom. The van der Waals surface area contributed by atoms with Gasteiger partial charge in [-0.25, -0.2) is 0 Å². The Bertz CT molecular complexity index is 465. The lowest BCUT2D eigenvalue weighted by molar-refractivity contribution is -0.0114. The van der Waals surface area contributed by atoms with Crippen LogP contribution in [0.5, 0.6) is 5.75 Å². The Morgan fingerprint density at radius 2 is 2.29 bits per heavy atom. The van der Waals surface area contributed by atoms with Gasteiger partial charge in [0.25, 0.3) is 0 Å². The molecule has 5 heteroatoms. The lowest BCUT2D eigenvalue weighted by atomic mass is 10.1. The summed E-state index contributed by atoms with van der Waals surface area (Å²) in [4.78, 5) is 7.07. The lowest BCUT2D eigenvalue weighted by Gasteiger charge is -2.35. The Balaban J connectivity index is 2.11. The number of nitrogens with one attached hydrogen (secondary N) is 1. The summed E-state index contributed by atoms with van der Waals surface area (Å²) in [7, 11) is 1.72. The van der Waals surface area contributed by atoms with Crippen LogP contribution >= 0.6 is 0 Å². The largest absolute Gasteiger partial charge is 0.496 e. The fourth-order valence-electron chi connectivity index (χ4n) is 2.82. The molecule has 1 N–H and O–H groups in total. The minimum Gasteiger partial charge on any atom is -0.496 e. The molecule has 0 aliphatic carbocycles. The quantitative estimate of drug-likeness (QED) is 0.861. The Kier molecular flexibility index (Phi) is 5.96. The zero-order valence-electron chi connectivity index (χ0n) is 13.6. The van der Waals surface area contributed by atoms with E-state index in [0.29, 0.717) is 6.04 Å². The average molecular weight is 293 g/mol. The smallest absolute Gasteiger partial charge is 0.128 e. The minimum absolute atomic E-state index is 0.409. The van der Waals surface area contributed by atoms with E-state index in [0.717, 1.165) is 62.0 Å². The van der Waals surface area contributed by atoms with E-state index in [1.807, 2.05) is 13.1 Å². The van der Waals surface area contributed by atoms with Crippen LogP contribution < -0.4 is 10.1 Å². The SMILES string of the molecule is CCNCC1COCCN1Cc1ncc(C)c(OC)c1C. The predicted octanol–water partition coefficient (Wildman–Crippen LogP) is 1.52. The molecule has 1 saturated heterocycles. The molecule has 1 fully saturated rings. The molecule has 5 nitrogen and oxygen atoms in total. The van der Waals surface area contributed by atoms with Crippen LogP contribution in [0, 0.1) is 13.8 Å². The van der Waals surface area contributed by atoms with Crippen molar-refractivity contribution in [3.63, 3.8) is 0 Å². The molecule has 1 unspecified atom stereocenters. The number of ether oxygens (including phenoxy) is 2. The number of aromatic nitrogens is 1. The third-order valence-corrected chi connectivity index (χ3v) is 4.08. The number of pyridine rings is 1. The van der Waals surface area contributed by atoms with Gasteiger partial charge in [-0.1, -0.05) is 6.92 Å². The molecule has 21 heavy (non-hydrogen) atoms. The Morgan fingerprint density at radius 3 is 3.00 bits per heavy atom. The molecule has 2 rings (SSSR count). The van der Waals surface area contributed by atoms with E-state index in [-0.39, 0.29) is 0 Å². The second kappa shape index (κ2) is 7.73. The molecule has 1 aromatic rings. The highest BCUT2D eigenvalue weighted by Crippen LogP contribution is 2.25. The van der Waals surface area contributed by atoms with Crippen LogP contribution in [0.4, 0.5) is 0 Å². The van der Waals surface area contributed by atoms with Crippen molar-refractivity contribution in [2.24, 2.45) is 0 Å². The highest BCUT2D eigenvalue weighted by atomic mass is 16.5. The summed E-state index contributed by atoms with van der Waals surface area (Å²) in [6, 6.07) is 0.409. The summed E-state index contributed by atoms with van der Waals surface area (Å²) in [6.45, 7) is 11.6. The second-order valence-corrected chi connectivity index (χ2v) is 5.55. The number of nitrogens with zero attached hydrogens (tertiary/aromatic N) is 2. The molecule has 0 saturated carbocycles. The van der Waals surface area contributed by atoms with Crippen LogP contribution in [0.2, 0.25) is 0 Å². The van der Waals surface area contributed by atoms with Gasteiger partial charge in [0, 0.05) is 43.0 Å². The van der Waals surface area contributed by atoms with Crippen molar-refractivity contribution in [3.8, 4) is 5.75 Å².